The van der Waals surface area contributed by atoms with E-state index >= 15 is 0 Å². The molecule has 1 amide bonds. The van der Waals surface area contributed by atoms with Crippen LogP contribution in [0.15, 0.2) is 36.4 Å². The lowest BCUT2D eigenvalue weighted by Crippen LogP contribution is -2.45. The molecule has 0 aliphatic heterocycles. The van der Waals surface area contributed by atoms with E-state index in [1.54, 1.807) is 32.0 Å². The van der Waals surface area contributed by atoms with Gasteiger partial charge in [0.1, 0.15) is 18.2 Å². The maximum Gasteiger partial charge on any atom is 0.259 e. The highest BCUT2D eigenvalue weighted by atomic mass is 19.1. The molecule has 0 aromatic heterocycles. The molecule has 8 heteroatoms. The monoisotopic (exact) mass is 364 g/mol. The third-order valence-corrected chi connectivity index (χ3v) is 3.77. The number of halogens is 1. The third-order valence-electron chi connectivity index (χ3n) is 3.77. The zero-order chi connectivity index (χ0) is 19.3. The van der Waals surface area contributed by atoms with Crippen molar-refractivity contribution >= 4 is 17.3 Å². The lowest BCUT2D eigenvalue weighted by molar-refractivity contribution is -0.215. The normalized spacial score (nSPS) is 13.0. The van der Waals surface area contributed by atoms with Gasteiger partial charge < -0.3 is 15.2 Å². The van der Waals surface area contributed by atoms with Crippen LogP contribution in [0.3, 0.4) is 0 Å². The maximum atomic E-state index is 13.1. The van der Waals surface area contributed by atoms with E-state index in [1.807, 2.05) is 0 Å². The second-order valence-corrected chi connectivity index (χ2v) is 6.15. The molecule has 0 aliphatic rings. The fourth-order valence-electron chi connectivity index (χ4n) is 2.23. The van der Waals surface area contributed by atoms with Crippen molar-refractivity contribution in [1.29, 1.82) is 0 Å². The van der Waals surface area contributed by atoms with Crippen LogP contribution in [-0.4, -0.2) is 28.5 Å². The summed E-state index contributed by atoms with van der Waals surface area (Å²) in [5.41, 5.74) is 2.71. The van der Waals surface area contributed by atoms with Crippen molar-refractivity contribution in [3.8, 4) is 5.75 Å². The van der Waals surface area contributed by atoms with Crippen molar-refractivity contribution in [2.45, 2.75) is 26.4 Å². The molecule has 0 bridgehead atoms. The van der Waals surface area contributed by atoms with Crippen LogP contribution in [0, 0.1) is 19.7 Å². The summed E-state index contributed by atoms with van der Waals surface area (Å²) in [7, 11) is 0. The van der Waals surface area contributed by atoms with Crippen molar-refractivity contribution < 1.29 is 29.3 Å². The van der Waals surface area contributed by atoms with Crippen LogP contribution in [0.4, 0.5) is 15.8 Å². The third kappa shape index (κ3) is 4.92. The summed E-state index contributed by atoms with van der Waals surface area (Å²) < 4.78 is 18.6. The average Bonchev–Trinajstić information content (AvgIpc) is 2.56. The van der Waals surface area contributed by atoms with Crippen LogP contribution >= 0.6 is 0 Å². The Kier molecular flexibility index (Phi) is 6.14. The number of ether oxygens (including phenoxy) is 1. The molecular formula is C18H21FN2O5. The average molecular weight is 364 g/mol. The van der Waals surface area contributed by atoms with Crippen molar-refractivity contribution in [1.82, 2.24) is 0 Å². The highest BCUT2D eigenvalue weighted by Gasteiger charge is 2.31. The topological polar surface area (TPSA) is 100 Å². The van der Waals surface area contributed by atoms with E-state index in [9.17, 15) is 14.3 Å². The highest BCUT2D eigenvalue weighted by Crippen LogP contribution is 2.22. The molecule has 2 aromatic rings. The molecule has 2 rings (SSSR count). The summed E-state index contributed by atoms with van der Waals surface area (Å²) in [6.07, 6.45) is 0. The number of anilines is 2. The molecule has 0 saturated carbocycles. The maximum absolute atomic E-state index is 13.1. The fraction of sp³-hybridized carbons (Fsp3) is 0.278. The first-order valence-corrected chi connectivity index (χ1v) is 7.83. The van der Waals surface area contributed by atoms with Gasteiger partial charge in [0.15, 0.2) is 5.60 Å². The molecule has 0 aliphatic carbocycles. The van der Waals surface area contributed by atoms with E-state index in [0.717, 1.165) is 0 Å². The quantitative estimate of drug-likeness (QED) is 0.445. The molecule has 0 heterocycles. The number of carbonyl (C=O) groups is 1. The number of nitrogens with one attached hydrogen (secondary N) is 2. The van der Waals surface area contributed by atoms with Crippen molar-refractivity contribution in [3.05, 3.63) is 53.3 Å². The molecule has 4 N–H and O–H groups in total. The minimum absolute atomic E-state index is 0.303. The molecule has 26 heavy (non-hydrogen) atoms. The van der Waals surface area contributed by atoms with E-state index in [2.05, 4.69) is 15.8 Å². The summed E-state index contributed by atoms with van der Waals surface area (Å²) in [5.74, 6) is -0.662. The second kappa shape index (κ2) is 8.13. The van der Waals surface area contributed by atoms with Gasteiger partial charge in [-0.15, -0.1) is 4.99 Å². The summed E-state index contributed by atoms with van der Waals surface area (Å²) in [5, 5.41) is 21.4. The molecule has 0 saturated heterocycles. The lowest BCUT2D eigenvalue weighted by atomic mass is 10.1. The Morgan fingerprint density at radius 2 is 1.92 bits per heavy atom. The number of amides is 1. The number of rotatable bonds is 7. The van der Waals surface area contributed by atoms with Gasteiger partial charge >= 0.3 is 0 Å². The zero-order valence-electron chi connectivity index (χ0n) is 14.7. The van der Waals surface area contributed by atoms with Gasteiger partial charge in [-0.3, -0.25) is 4.79 Å². The van der Waals surface area contributed by atoms with Crippen LogP contribution in [-0.2, 0) is 9.78 Å². The van der Waals surface area contributed by atoms with Gasteiger partial charge in [-0.25, -0.2) is 15.1 Å². The van der Waals surface area contributed by atoms with Gasteiger partial charge in [-0.1, -0.05) is 0 Å². The molecule has 7 nitrogen and oxygen atoms in total. The molecule has 140 valence electrons. The predicted molar refractivity (Wildman–Crippen MR) is 94.4 cm³/mol. The fourth-order valence-corrected chi connectivity index (χ4v) is 2.23. The molecule has 0 spiro atoms. The van der Waals surface area contributed by atoms with Gasteiger partial charge in [0.2, 0.25) is 0 Å². The molecule has 2 aromatic carbocycles. The summed E-state index contributed by atoms with van der Waals surface area (Å²) in [6.45, 7) is 4.43. The Balaban J connectivity index is 2.01. The Labute approximate surface area is 150 Å². The largest absolute Gasteiger partial charge is 0.490 e. The summed E-state index contributed by atoms with van der Waals surface area (Å²) >= 11 is 0. The number of hydrogen-bond acceptors (Lipinski definition) is 6. The number of aliphatic hydroxyl groups is 1. The summed E-state index contributed by atoms with van der Waals surface area (Å²) in [6, 6.07) is 8.79. The zero-order valence-corrected chi connectivity index (χ0v) is 14.7. The molecular weight excluding hydrogens is 343 g/mol. The van der Waals surface area contributed by atoms with Crippen molar-refractivity contribution in [2.75, 3.05) is 17.4 Å². The van der Waals surface area contributed by atoms with Gasteiger partial charge in [-0.05, 0) is 68.3 Å². The molecule has 1 unspecified atom stereocenters. The van der Waals surface area contributed by atoms with Crippen LogP contribution < -0.4 is 15.5 Å². The molecule has 0 fully saturated rings. The number of hydrogen-bond donors (Lipinski definition) is 4. The number of carbonyl (C=O) groups excluding carboxylic acids is 1. The molecule has 1 atom stereocenters. The smallest absolute Gasteiger partial charge is 0.259 e. The predicted octanol–water partition coefficient (Wildman–Crippen LogP) is 3.03. The lowest BCUT2D eigenvalue weighted by Gasteiger charge is -2.23. The SMILES string of the molecule is Cc1cc(NC(=O)C(C)(O)COc2ccc(F)cc2C)ccc1NOO. The van der Waals surface area contributed by atoms with E-state index in [-0.39, 0.29) is 12.4 Å². The Morgan fingerprint density at radius 1 is 1.19 bits per heavy atom. The Bertz CT molecular complexity index is 795. The van der Waals surface area contributed by atoms with E-state index in [0.29, 0.717) is 28.3 Å². The minimum Gasteiger partial charge on any atom is -0.490 e. The van der Waals surface area contributed by atoms with Crippen molar-refractivity contribution in [3.63, 3.8) is 0 Å². The number of aryl methyl sites for hydroxylation is 2. The number of benzene rings is 2. The van der Waals surface area contributed by atoms with Gasteiger partial charge in [0, 0.05) is 5.69 Å². The first-order valence-electron chi connectivity index (χ1n) is 7.83. The summed E-state index contributed by atoms with van der Waals surface area (Å²) in [4.78, 5) is 16.2. The van der Waals surface area contributed by atoms with Crippen LogP contribution in [0.25, 0.3) is 0 Å². The van der Waals surface area contributed by atoms with E-state index < -0.39 is 11.5 Å². The minimum atomic E-state index is -1.81. The van der Waals surface area contributed by atoms with Crippen LogP contribution in [0.2, 0.25) is 0 Å². The van der Waals surface area contributed by atoms with Gasteiger partial charge in [0.25, 0.3) is 5.91 Å². The van der Waals surface area contributed by atoms with E-state index in [1.165, 1.54) is 25.1 Å². The molecule has 0 radical (unpaired) electrons. The Morgan fingerprint density at radius 3 is 2.54 bits per heavy atom. The van der Waals surface area contributed by atoms with Crippen LogP contribution in [0.5, 0.6) is 5.75 Å². The standard InChI is InChI=1S/C18H21FN2O5/c1-11-9-14(5-6-15(11)21-26-24)20-17(22)18(3,23)10-25-16-7-4-13(19)8-12(16)2/h4-9,21,23-24H,10H2,1-3H3,(H,20,22). The van der Waals surface area contributed by atoms with Crippen LogP contribution in [0.1, 0.15) is 18.1 Å². The highest BCUT2D eigenvalue weighted by molar-refractivity contribution is 5.97. The van der Waals surface area contributed by atoms with Gasteiger partial charge in [-0.2, -0.15) is 0 Å². The first kappa shape index (κ1) is 19.6. The van der Waals surface area contributed by atoms with Crippen molar-refractivity contribution in [2.24, 2.45) is 0 Å². The van der Waals surface area contributed by atoms with Gasteiger partial charge in [0.05, 0.1) is 5.69 Å². The Hall–Kier alpha value is -2.68. The second-order valence-electron chi connectivity index (χ2n) is 6.15. The van der Waals surface area contributed by atoms with E-state index in [4.69, 9.17) is 9.99 Å². The first-order chi connectivity index (χ1) is 12.2.